The fraction of sp³-hybridized carbons (Fsp3) is 0.500. The highest BCUT2D eigenvalue weighted by Gasteiger charge is 2.26. The van der Waals surface area contributed by atoms with Crippen LogP contribution in [0, 0.1) is 14.9 Å². The molecule has 0 aliphatic rings. The van der Waals surface area contributed by atoms with Crippen LogP contribution in [0.1, 0.15) is 34.1 Å². The summed E-state index contributed by atoms with van der Waals surface area (Å²) in [6.07, 6.45) is 3.99. The van der Waals surface area contributed by atoms with E-state index in [9.17, 15) is 4.79 Å². The Morgan fingerprint density at radius 3 is 2.71 bits per heavy atom. The van der Waals surface area contributed by atoms with Crippen LogP contribution in [0.2, 0.25) is 0 Å². The highest BCUT2D eigenvalue weighted by Crippen LogP contribution is 2.26. The molecular weight excluding hydrogens is 421 g/mol. The van der Waals surface area contributed by atoms with Crippen molar-refractivity contribution < 1.29 is 9.53 Å². The van der Waals surface area contributed by atoms with Gasteiger partial charge in [-0.25, -0.2) is 14.8 Å². The van der Waals surface area contributed by atoms with Crippen LogP contribution in [0.4, 0.5) is 5.82 Å². The fourth-order valence-corrected chi connectivity index (χ4v) is 3.25. The first-order valence-corrected chi connectivity index (χ1v) is 8.78. The van der Waals surface area contributed by atoms with Gasteiger partial charge in [0.15, 0.2) is 0 Å². The minimum absolute atomic E-state index is 0.0219. The molecule has 2 rings (SSSR count). The zero-order valence-electron chi connectivity index (χ0n) is 14.3. The largest absolute Gasteiger partial charge is 0.455 e. The van der Waals surface area contributed by atoms with Gasteiger partial charge in [0.2, 0.25) is 0 Å². The number of aromatic nitrogens is 3. The van der Waals surface area contributed by atoms with Crippen molar-refractivity contribution in [2.45, 2.75) is 46.3 Å². The number of hydrogen-bond acceptors (Lipinski definition) is 6. The number of anilines is 1. The van der Waals surface area contributed by atoms with Gasteiger partial charge in [0.05, 0.1) is 5.39 Å². The van der Waals surface area contributed by atoms with Gasteiger partial charge in [-0.15, -0.1) is 0 Å². The van der Waals surface area contributed by atoms with Gasteiger partial charge in [0.25, 0.3) is 0 Å². The van der Waals surface area contributed by atoms with Crippen molar-refractivity contribution in [3.05, 3.63) is 16.1 Å². The number of rotatable bonds is 5. The third-order valence-corrected chi connectivity index (χ3v) is 4.39. The van der Waals surface area contributed by atoms with E-state index in [1.54, 1.807) is 20.8 Å². The number of fused-ring (bicyclic) bond motifs is 1. The molecule has 8 heteroatoms. The number of ether oxygens (including phenoxy) is 1. The van der Waals surface area contributed by atoms with Gasteiger partial charge < -0.3 is 15.0 Å². The van der Waals surface area contributed by atoms with Gasteiger partial charge in [0, 0.05) is 22.2 Å². The van der Waals surface area contributed by atoms with Gasteiger partial charge in [-0.1, -0.05) is 6.92 Å². The Morgan fingerprint density at radius 2 is 2.12 bits per heavy atom. The summed E-state index contributed by atoms with van der Waals surface area (Å²) in [6, 6.07) is 0. The summed E-state index contributed by atoms with van der Waals surface area (Å²) in [5.74, 6) is -0.407. The number of carbonyl (C=O) groups excluding carboxylic acids is 1. The lowest BCUT2D eigenvalue weighted by Crippen LogP contribution is -2.33. The first-order valence-electron chi connectivity index (χ1n) is 7.70. The van der Waals surface area contributed by atoms with E-state index in [1.165, 1.54) is 6.33 Å². The number of esters is 1. The molecule has 24 heavy (non-hydrogen) atoms. The maximum absolute atomic E-state index is 12.2. The lowest BCUT2D eigenvalue weighted by molar-refractivity contribution is -0.146. The molecule has 2 heterocycles. The Balaban J connectivity index is 2.27. The van der Waals surface area contributed by atoms with Crippen molar-refractivity contribution >= 4 is 51.1 Å². The summed E-state index contributed by atoms with van der Waals surface area (Å²) < 4.78 is 8.17. The lowest BCUT2D eigenvalue weighted by atomic mass is 10.00. The maximum Gasteiger partial charge on any atom is 0.352 e. The second-order valence-electron chi connectivity index (χ2n) is 6.61. The van der Waals surface area contributed by atoms with Crippen LogP contribution in [0.5, 0.6) is 0 Å². The number of halogens is 1. The number of nitrogens with one attached hydrogen (secondary N) is 1. The Kier molecular flexibility index (Phi) is 5.46. The number of nitrogen functional groups attached to an aromatic ring is 1. The normalized spacial score (nSPS) is 13.0. The molecule has 0 spiro atoms. The van der Waals surface area contributed by atoms with Crippen LogP contribution in [0.25, 0.3) is 11.0 Å². The first kappa shape index (κ1) is 18.6. The van der Waals surface area contributed by atoms with Crippen molar-refractivity contribution in [3.63, 3.8) is 0 Å². The number of nitrogens with two attached hydrogens (primary N) is 1. The molecule has 0 bridgehead atoms. The highest BCUT2D eigenvalue weighted by molar-refractivity contribution is 14.1. The average molecular weight is 443 g/mol. The predicted molar refractivity (Wildman–Crippen MR) is 102 cm³/mol. The van der Waals surface area contributed by atoms with Crippen molar-refractivity contribution in [2.75, 3.05) is 5.73 Å². The molecule has 1 atom stereocenters. The van der Waals surface area contributed by atoms with E-state index in [4.69, 9.17) is 15.9 Å². The highest BCUT2D eigenvalue weighted by atomic mass is 127. The van der Waals surface area contributed by atoms with E-state index in [-0.39, 0.29) is 11.6 Å². The van der Waals surface area contributed by atoms with Crippen LogP contribution in [-0.4, -0.2) is 31.8 Å². The van der Waals surface area contributed by atoms with Gasteiger partial charge in [-0.05, 0) is 49.8 Å². The molecule has 0 saturated heterocycles. The Morgan fingerprint density at radius 1 is 1.46 bits per heavy atom. The van der Waals surface area contributed by atoms with Crippen LogP contribution < -0.4 is 5.73 Å². The molecular formula is C16H22IN5O2. The predicted octanol–water partition coefficient (Wildman–Crippen LogP) is 3.01. The Hall–Kier alpha value is -1.71. The monoisotopic (exact) mass is 443 g/mol. The molecule has 2 aromatic rings. The third kappa shape index (κ3) is 4.03. The quantitative estimate of drug-likeness (QED) is 0.420. The van der Waals surface area contributed by atoms with Crippen molar-refractivity contribution in [3.8, 4) is 0 Å². The second kappa shape index (κ2) is 7.04. The molecule has 2 aromatic heterocycles. The summed E-state index contributed by atoms with van der Waals surface area (Å²) in [7, 11) is 0. The van der Waals surface area contributed by atoms with E-state index in [2.05, 4.69) is 32.6 Å². The molecule has 0 aromatic carbocycles. The van der Waals surface area contributed by atoms with Crippen molar-refractivity contribution in [2.24, 2.45) is 5.92 Å². The molecule has 7 nitrogen and oxygen atoms in total. The SMILES string of the molecule is CC[C@@H](Cn1cc(I)c2c(N)ncnc21)C(=N)C(=O)OC(C)(C)C. The molecule has 0 fully saturated rings. The zero-order chi connectivity index (χ0) is 18.1. The zero-order valence-corrected chi connectivity index (χ0v) is 16.4. The van der Waals surface area contributed by atoms with E-state index in [1.807, 2.05) is 17.7 Å². The van der Waals surface area contributed by atoms with E-state index in [0.29, 0.717) is 24.4 Å². The molecule has 0 unspecified atom stereocenters. The van der Waals surface area contributed by atoms with Crippen molar-refractivity contribution in [1.82, 2.24) is 14.5 Å². The number of hydrogen-bond donors (Lipinski definition) is 2. The molecule has 0 aliphatic heterocycles. The lowest BCUT2D eigenvalue weighted by Gasteiger charge is -2.22. The van der Waals surface area contributed by atoms with Crippen LogP contribution >= 0.6 is 22.6 Å². The number of nitrogens with zero attached hydrogens (tertiary/aromatic N) is 3. The Bertz CT molecular complexity index is 779. The van der Waals surface area contributed by atoms with E-state index >= 15 is 0 Å². The number of carbonyl (C=O) groups is 1. The topological polar surface area (TPSA) is 107 Å². The van der Waals surface area contributed by atoms with E-state index < -0.39 is 11.6 Å². The van der Waals surface area contributed by atoms with Gasteiger partial charge >= 0.3 is 5.97 Å². The van der Waals surface area contributed by atoms with Crippen LogP contribution in [0.15, 0.2) is 12.5 Å². The summed E-state index contributed by atoms with van der Waals surface area (Å²) in [5.41, 5.74) is 6.00. The van der Waals surface area contributed by atoms with Gasteiger partial charge in [0.1, 0.15) is 29.1 Å². The smallest absolute Gasteiger partial charge is 0.352 e. The molecule has 0 amide bonds. The maximum atomic E-state index is 12.2. The fourth-order valence-electron chi connectivity index (χ4n) is 2.40. The first-order chi connectivity index (χ1) is 11.1. The molecule has 130 valence electrons. The van der Waals surface area contributed by atoms with Crippen LogP contribution in [0.3, 0.4) is 0 Å². The summed E-state index contributed by atoms with van der Waals surface area (Å²) in [4.78, 5) is 20.5. The standard InChI is InChI=1S/C16H22IN5O2/c1-5-9(12(18)15(23)24-16(2,3)4)6-22-7-10(17)11-13(19)20-8-21-14(11)22/h7-9,18H,5-6H2,1-4H3,(H2,19,20,21)/t9-/m0/s1. The van der Waals surface area contributed by atoms with Crippen LogP contribution in [-0.2, 0) is 16.1 Å². The minimum atomic E-state index is -0.612. The molecule has 0 radical (unpaired) electrons. The third-order valence-electron chi connectivity index (χ3n) is 3.57. The minimum Gasteiger partial charge on any atom is -0.455 e. The second-order valence-corrected chi connectivity index (χ2v) is 7.77. The molecule has 0 aliphatic carbocycles. The van der Waals surface area contributed by atoms with Crippen molar-refractivity contribution in [1.29, 1.82) is 5.41 Å². The van der Waals surface area contributed by atoms with E-state index in [0.717, 1.165) is 8.96 Å². The molecule has 0 saturated carbocycles. The van der Waals surface area contributed by atoms with Gasteiger partial charge in [-0.3, -0.25) is 5.41 Å². The summed E-state index contributed by atoms with van der Waals surface area (Å²) >= 11 is 2.19. The summed E-state index contributed by atoms with van der Waals surface area (Å²) in [6.45, 7) is 7.79. The average Bonchev–Trinajstić information content (AvgIpc) is 2.80. The molecule has 3 N–H and O–H groups in total. The summed E-state index contributed by atoms with van der Waals surface area (Å²) in [5, 5.41) is 8.99. The Labute approximate surface area is 154 Å². The van der Waals surface area contributed by atoms with Gasteiger partial charge in [-0.2, -0.15) is 0 Å².